The minimum Gasteiger partial charge on any atom is -0.497 e. The molecule has 130 valence electrons. The first kappa shape index (κ1) is 16.4. The zero-order chi connectivity index (χ0) is 17.4. The van der Waals surface area contributed by atoms with E-state index in [1.54, 1.807) is 7.11 Å². The maximum atomic E-state index is 5.79. The van der Waals surface area contributed by atoms with Crippen LogP contribution in [0.2, 0.25) is 0 Å². The van der Waals surface area contributed by atoms with Gasteiger partial charge in [0.1, 0.15) is 5.75 Å². The Hall–Kier alpha value is -2.11. The summed E-state index contributed by atoms with van der Waals surface area (Å²) in [5, 5.41) is 0. The van der Waals surface area contributed by atoms with Crippen LogP contribution in [0.15, 0.2) is 53.6 Å². The van der Waals surface area contributed by atoms with Gasteiger partial charge >= 0.3 is 0 Å². The van der Waals surface area contributed by atoms with Crippen LogP contribution in [-0.2, 0) is 0 Å². The van der Waals surface area contributed by atoms with Crippen LogP contribution in [-0.4, -0.2) is 30.6 Å². The van der Waals surface area contributed by atoms with Gasteiger partial charge in [-0.1, -0.05) is 35.5 Å². The fourth-order valence-electron chi connectivity index (χ4n) is 3.42. The molecule has 2 heterocycles. The summed E-state index contributed by atoms with van der Waals surface area (Å²) >= 11 is 1.89. The average Bonchev–Trinajstić information content (AvgIpc) is 3.15. The van der Waals surface area contributed by atoms with Gasteiger partial charge in [-0.15, -0.1) is 0 Å². The minimum absolute atomic E-state index is 0.254. The second-order valence-electron chi connectivity index (χ2n) is 6.40. The molecule has 1 atom stereocenters. The average molecular weight is 353 g/mol. The molecule has 2 aliphatic heterocycles. The Kier molecular flexibility index (Phi) is 4.36. The Balaban J connectivity index is 1.74. The summed E-state index contributed by atoms with van der Waals surface area (Å²) in [5.41, 5.74) is 11.1. The number of methoxy groups -OCH3 is 1. The first-order valence-electron chi connectivity index (χ1n) is 8.60. The van der Waals surface area contributed by atoms with Crippen LogP contribution in [0, 0.1) is 6.92 Å². The molecule has 1 unspecified atom stereocenters. The Labute approximate surface area is 153 Å². The second kappa shape index (κ2) is 6.65. The SMILES string of the molecule is COc1ccc2c(c1)N1C=C(c3cccc(C)c3)N(CCCN)C1S2. The molecular formula is C20H23N3OS. The van der Waals surface area contributed by atoms with Gasteiger partial charge in [0.2, 0.25) is 0 Å². The van der Waals surface area contributed by atoms with E-state index in [0.29, 0.717) is 6.54 Å². The number of ether oxygens (including phenoxy) is 1. The van der Waals surface area contributed by atoms with Crippen LogP contribution >= 0.6 is 11.8 Å². The summed E-state index contributed by atoms with van der Waals surface area (Å²) in [4.78, 5) is 6.12. The summed E-state index contributed by atoms with van der Waals surface area (Å²) < 4.78 is 5.42. The number of nitrogens with two attached hydrogens (primary N) is 1. The largest absolute Gasteiger partial charge is 0.497 e. The number of hydrogen-bond acceptors (Lipinski definition) is 5. The van der Waals surface area contributed by atoms with E-state index < -0.39 is 0 Å². The van der Waals surface area contributed by atoms with E-state index in [9.17, 15) is 0 Å². The number of thioether (sulfide) groups is 1. The molecule has 25 heavy (non-hydrogen) atoms. The Morgan fingerprint density at radius 1 is 1.20 bits per heavy atom. The highest BCUT2D eigenvalue weighted by Crippen LogP contribution is 2.51. The fraction of sp³-hybridized carbons (Fsp3) is 0.300. The molecule has 0 radical (unpaired) electrons. The van der Waals surface area contributed by atoms with Gasteiger partial charge in [0.25, 0.3) is 0 Å². The van der Waals surface area contributed by atoms with Gasteiger partial charge in [-0.05, 0) is 43.7 Å². The number of fused-ring (bicyclic) bond motifs is 3. The Bertz CT molecular complexity index is 820. The van der Waals surface area contributed by atoms with E-state index in [2.05, 4.69) is 59.3 Å². The van der Waals surface area contributed by atoms with Crippen LogP contribution in [0.1, 0.15) is 17.5 Å². The number of benzene rings is 2. The second-order valence-corrected chi connectivity index (χ2v) is 7.50. The standard InChI is InChI=1S/C20H23N3OS/c1-14-5-3-6-15(11-14)18-13-23-17-12-16(24-2)7-8-19(17)25-20(23)22(18)10-4-9-21/h3,5-8,11-13,20H,4,9-10,21H2,1-2H3. The van der Waals surface area contributed by atoms with E-state index >= 15 is 0 Å². The van der Waals surface area contributed by atoms with Crippen molar-refractivity contribution >= 4 is 23.1 Å². The lowest BCUT2D eigenvalue weighted by Gasteiger charge is -2.29. The van der Waals surface area contributed by atoms with Crippen molar-refractivity contribution in [3.05, 3.63) is 59.8 Å². The van der Waals surface area contributed by atoms with Gasteiger partial charge in [-0.3, -0.25) is 0 Å². The van der Waals surface area contributed by atoms with E-state index in [-0.39, 0.29) is 5.50 Å². The van der Waals surface area contributed by atoms with Crippen molar-refractivity contribution in [2.45, 2.75) is 23.7 Å². The molecule has 0 fully saturated rings. The molecule has 4 nitrogen and oxygen atoms in total. The molecule has 0 aliphatic carbocycles. The van der Waals surface area contributed by atoms with Crippen LogP contribution < -0.4 is 15.4 Å². The summed E-state index contributed by atoms with van der Waals surface area (Å²) in [6, 6.07) is 15.0. The highest BCUT2D eigenvalue weighted by Gasteiger charge is 2.40. The number of anilines is 1. The zero-order valence-electron chi connectivity index (χ0n) is 14.6. The van der Waals surface area contributed by atoms with Crippen LogP contribution in [0.25, 0.3) is 5.70 Å². The Morgan fingerprint density at radius 3 is 2.84 bits per heavy atom. The smallest absolute Gasteiger partial charge is 0.159 e. The van der Waals surface area contributed by atoms with Gasteiger partial charge in [0, 0.05) is 23.7 Å². The molecule has 0 spiro atoms. The Morgan fingerprint density at radius 2 is 2.08 bits per heavy atom. The van der Waals surface area contributed by atoms with Gasteiger partial charge in [0.05, 0.1) is 18.5 Å². The molecule has 0 aromatic heterocycles. The molecular weight excluding hydrogens is 330 g/mol. The zero-order valence-corrected chi connectivity index (χ0v) is 15.4. The van der Waals surface area contributed by atoms with E-state index in [1.807, 2.05) is 17.8 Å². The maximum Gasteiger partial charge on any atom is 0.159 e. The molecule has 0 saturated carbocycles. The first-order valence-corrected chi connectivity index (χ1v) is 9.48. The van der Waals surface area contributed by atoms with Crippen molar-refractivity contribution < 1.29 is 4.74 Å². The predicted molar refractivity (Wildman–Crippen MR) is 105 cm³/mol. The normalized spacial score (nSPS) is 18.2. The summed E-state index contributed by atoms with van der Waals surface area (Å²) in [6.07, 6.45) is 3.25. The van der Waals surface area contributed by atoms with Gasteiger partial charge in [-0.2, -0.15) is 0 Å². The van der Waals surface area contributed by atoms with Gasteiger partial charge in [-0.25, -0.2) is 0 Å². The lowest BCUT2D eigenvalue weighted by atomic mass is 10.1. The minimum atomic E-state index is 0.254. The molecule has 4 rings (SSSR count). The quantitative estimate of drug-likeness (QED) is 0.884. The summed E-state index contributed by atoms with van der Waals surface area (Å²) in [6.45, 7) is 3.80. The van der Waals surface area contributed by atoms with Crippen molar-refractivity contribution in [2.24, 2.45) is 5.73 Å². The molecule has 2 aliphatic rings. The first-order chi connectivity index (χ1) is 12.2. The monoisotopic (exact) mass is 353 g/mol. The highest BCUT2D eigenvalue weighted by molar-refractivity contribution is 8.00. The third kappa shape index (κ3) is 2.87. The van der Waals surface area contributed by atoms with Gasteiger partial charge in [0.15, 0.2) is 5.50 Å². The lowest BCUT2D eigenvalue weighted by molar-refractivity contribution is 0.394. The third-order valence-electron chi connectivity index (χ3n) is 4.67. The maximum absolute atomic E-state index is 5.79. The summed E-state index contributed by atoms with van der Waals surface area (Å²) in [7, 11) is 1.72. The topological polar surface area (TPSA) is 41.7 Å². The summed E-state index contributed by atoms with van der Waals surface area (Å²) in [5.74, 6) is 0.894. The number of rotatable bonds is 5. The number of hydrogen-bond donors (Lipinski definition) is 1. The predicted octanol–water partition coefficient (Wildman–Crippen LogP) is 3.86. The van der Waals surface area contributed by atoms with Crippen molar-refractivity contribution in [1.29, 1.82) is 0 Å². The van der Waals surface area contributed by atoms with Crippen molar-refractivity contribution in [3.63, 3.8) is 0 Å². The molecule has 2 aromatic rings. The van der Waals surface area contributed by atoms with E-state index in [1.165, 1.54) is 27.4 Å². The van der Waals surface area contributed by atoms with Crippen LogP contribution in [0.4, 0.5) is 5.69 Å². The van der Waals surface area contributed by atoms with E-state index in [4.69, 9.17) is 10.5 Å². The number of nitrogens with zero attached hydrogens (tertiary/aromatic N) is 2. The van der Waals surface area contributed by atoms with Crippen molar-refractivity contribution in [2.75, 3.05) is 25.1 Å². The molecule has 0 saturated heterocycles. The molecule has 5 heteroatoms. The van der Waals surface area contributed by atoms with Crippen LogP contribution in [0.5, 0.6) is 5.75 Å². The third-order valence-corrected chi connectivity index (χ3v) is 5.96. The lowest BCUT2D eigenvalue weighted by Crippen LogP contribution is -2.35. The fourth-order valence-corrected chi connectivity index (χ4v) is 4.72. The molecule has 0 bridgehead atoms. The van der Waals surface area contributed by atoms with Gasteiger partial charge < -0.3 is 20.3 Å². The molecule has 2 aromatic carbocycles. The molecule has 0 amide bonds. The van der Waals surface area contributed by atoms with Crippen LogP contribution in [0.3, 0.4) is 0 Å². The van der Waals surface area contributed by atoms with Crippen molar-refractivity contribution in [3.8, 4) is 5.75 Å². The van der Waals surface area contributed by atoms with E-state index in [0.717, 1.165) is 18.7 Å². The molecule has 2 N–H and O–H groups in total. The number of aryl methyl sites for hydroxylation is 1. The highest BCUT2D eigenvalue weighted by atomic mass is 32.2. The van der Waals surface area contributed by atoms with Crippen molar-refractivity contribution in [1.82, 2.24) is 4.90 Å².